The van der Waals surface area contributed by atoms with Crippen LogP contribution in [-0.4, -0.2) is 58.9 Å². The van der Waals surface area contributed by atoms with Gasteiger partial charge < -0.3 is 25.1 Å². The Morgan fingerprint density at radius 1 is 1.05 bits per heavy atom. The number of ether oxygens (including phenoxy) is 1. The summed E-state index contributed by atoms with van der Waals surface area (Å²) in [7, 11) is 1.27. The molecule has 9 heteroatoms. The van der Waals surface area contributed by atoms with Crippen molar-refractivity contribution in [2.45, 2.75) is 90.2 Å². The third kappa shape index (κ3) is 5.25. The molecule has 7 atom stereocenters. The van der Waals surface area contributed by atoms with Crippen LogP contribution in [0.3, 0.4) is 0 Å². The second-order valence-electron chi connectivity index (χ2n) is 13.3. The van der Waals surface area contributed by atoms with Crippen molar-refractivity contribution in [3.8, 4) is 5.75 Å². The first-order valence-corrected chi connectivity index (χ1v) is 15.2. The summed E-state index contributed by atoms with van der Waals surface area (Å²) >= 11 is 0. The lowest BCUT2D eigenvalue weighted by molar-refractivity contribution is -0.159. The van der Waals surface area contributed by atoms with Crippen LogP contribution in [0, 0.1) is 28.6 Å². The number of phenolic OH excluding ortho intramolecular Hbond substituents is 1. The van der Waals surface area contributed by atoms with E-state index in [1.807, 2.05) is 0 Å². The third-order valence-corrected chi connectivity index (χ3v) is 11.3. The second kappa shape index (κ2) is 11.5. The van der Waals surface area contributed by atoms with E-state index in [0.717, 1.165) is 56.2 Å². The van der Waals surface area contributed by atoms with Crippen LogP contribution in [0.4, 0.5) is 0 Å². The zero-order valence-corrected chi connectivity index (χ0v) is 25.2. The number of Topliss-reactive ketones (excluding diaryl/α,β-unsaturated/α-hetero) is 1. The minimum absolute atomic E-state index is 0.0551. The van der Waals surface area contributed by atoms with Crippen LogP contribution in [0.1, 0.15) is 77.7 Å². The van der Waals surface area contributed by atoms with Crippen LogP contribution >= 0.6 is 0 Å². The van der Waals surface area contributed by atoms with Crippen LogP contribution in [0.5, 0.6) is 5.75 Å². The molecule has 0 aliphatic heterocycles. The average molecular weight is 581 g/mol. The Kier molecular flexibility index (Phi) is 8.27. The van der Waals surface area contributed by atoms with Crippen LogP contribution in [-0.2, 0) is 30.4 Å². The molecule has 9 nitrogen and oxygen atoms in total. The largest absolute Gasteiger partial charge is 0.508 e. The highest BCUT2D eigenvalue weighted by molar-refractivity contribution is 5.96. The predicted octanol–water partition coefficient (Wildman–Crippen LogP) is 4.25. The number of allylic oxidation sites excluding steroid dienone is 2. The topological polar surface area (TPSA) is 135 Å². The number of amides is 1. The number of oxime groups is 1. The standard InChI is InChI=1S/C33H44N2O7/c1-20(36)33(40)16-13-27-25-10-7-22-18-23(11-14-31(22,2)26(25)12-15-32(27,33)3)35-42-19-29(38)34-28(30(39)41-4)17-21-5-8-24(37)9-6-21/h5-6,8-9,18,25-28,37,40H,7,10-17,19H2,1-4H3,(H,34,38)/b35-23-/t25?,26?,27?,28?,31-,32-,33-/m0/s1. The highest BCUT2D eigenvalue weighted by Gasteiger charge is 2.65. The first-order chi connectivity index (χ1) is 19.9. The Hall–Kier alpha value is -3.20. The number of carbonyl (C=O) groups is 3. The van der Waals surface area contributed by atoms with E-state index in [1.54, 1.807) is 19.1 Å². The van der Waals surface area contributed by atoms with Crippen molar-refractivity contribution < 1.29 is 34.2 Å². The number of benzene rings is 1. The summed E-state index contributed by atoms with van der Waals surface area (Å²) in [6, 6.07) is 5.52. The molecule has 1 amide bonds. The number of aliphatic hydroxyl groups is 1. The quantitative estimate of drug-likeness (QED) is 0.309. The molecule has 5 rings (SSSR count). The molecule has 228 valence electrons. The predicted molar refractivity (Wildman–Crippen MR) is 156 cm³/mol. The number of carbonyl (C=O) groups excluding carboxylic acids is 3. The minimum atomic E-state index is -1.20. The lowest BCUT2D eigenvalue weighted by atomic mass is 9.46. The van der Waals surface area contributed by atoms with Crippen LogP contribution in [0.15, 0.2) is 41.1 Å². The van der Waals surface area contributed by atoms with Gasteiger partial charge in [0.15, 0.2) is 12.4 Å². The maximum Gasteiger partial charge on any atom is 0.328 e. The summed E-state index contributed by atoms with van der Waals surface area (Å²) in [5.41, 5.74) is 1.47. The van der Waals surface area contributed by atoms with E-state index in [1.165, 1.54) is 24.8 Å². The number of fused-ring (bicyclic) bond motifs is 5. The van der Waals surface area contributed by atoms with Gasteiger partial charge in [0.25, 0.3) is 5.91 Å². The molecule has 0 aromatic heterocycles. The summed E-state index contributed by atoms with van der Waals surface area (Å²) in [6.45, 7) is 5.75. The number of esters is 1. The van der Waals surface area contributed by atoms with Crippen molar-refractivity contribution >= 4 is 23.4 Å². The van der Waals surface area contributed by atoms with Crippen molar-refractivity contribution in [2.24, 2.45) is 33.7 Å². The van der Waals surface area contributed by atoms with E-state index < -0.39 is 23.5 Å². The van der Waals surface area contributed by atoms with Gasteiger partial charge in [0.05, 0.1) is 12.8 Å². The van der Waals surface area contributed by atoms with E-state index in [0.29, 0.717) is 24.2 Å². The monoisotopic (exact) mass is 580 g/mol. The molecule has 42 heavy (non-hydrogen) atoms. The first-order valence-electron chi connectivity index (χ1n) is 15.2. The van der Waals surface area contributed by atoms with E-state index in [9.17, 15) is 24.6 Å². The fraction of sp³-hybridized carbons (Fsp3) is 0.636. The molecule has 0 saturated heterocycles. The molecule has 0 bridgehead atoms. The molecular weight excluding hydrogens is 536 g/mol. The zero-order valence-electron chi connectivity index (χ0n) is 25.2. The van der Waals surface area contributed by atoms with Gasteiger partial charge in [-0.25, -0.2) is 4.79 Å². The smallest absolute Gasteiger partial charge is 0.328 e. The van der Waals surface area contributed by atoms with Gasteiger partial charge in [-0.05, 0) is 105 Å². The lowest BCUT2D eigenvalue weighted by Gasteiger charge is -2.59. The van der Waals surface area contributed by atoms with E-state index in [4.69, 9.17) is 9.57 Å². The fourth-order valence-electron chi connectivity index (χ4n) is 8.85. The molecule has 4 unspecified atom stereocenters. The second-order valence-corrected chi connectivity index (χ2v) is 13.3. The van der Waals surface area contributed by atoms with Crippen LogP contribution in [0.25, 0.3) is 0 Å². The van der Waals surface area contributed by atoms with Crippen LogP contribution < -0.4 is 5.32 Å². The van der Waals surface area contributed by atoms with Gasteiger partial charge in [-0.3, -0.25) is 9.59 Å². The van der Waals surface area contributed by atoms with Gasteiger partial charge in [0.2, 0.25) is 0 Å². The summed E-state index contributed by atoms with van der Waals surface area (Å²) in [6.07, 6.45) is 9.44. The lowest BCUT2D eigenvalue weighted by Crippen LogP contribution is -2.57. The van der Waals surface area contributed by atoms with Crippen molar-refractivity contribution in [2.75, 3.05) is 13.7 Å². The summed E-state index contributed by atoms with van der Waals surface area (Å²) in [5.74, 6) is 0.371. The van der Waals surface area contributed by atoms with E-state index in [2.05, 4.69) is 30.4 Å². The Morgan fingerprint density at radius 2 is 1.76 bits per heavy atom. The number of ketones is 1. The maximum absolute atomic E-state index is 12.6. The zero-order chi connectivity index (χ0) is 30.3. The van der Waals surface area contributed by atoms with Crippen molar-refractivity contribution in [3.63, 3.8) is 0 Å². The molecule has 1 aromatic rings. The summed E-state index contributed by atoms with van der Waals surface area (Å²) in [4.78, 5) is 42.8. The van der Waals surface area contributed by atoms with Gasteiger partial charge in [-0.2, -0.15) is 0 Å². The normalized spacial score (nSPS) is 35.2. The number of nitrogens with zero attached hydrogens (tertiary/aromatic N) is 1. The summed E-state index contributed by atoms with van der Waals surface area (Å²) < 4.78 is 4.85. The Balaban J connectivity index is 1.20. The fourth-order valence-corrected chi connectivity index (χ4v) is 8.85. The SMILES string of the molecule is COC(=O)C(Cc1ccc(O)cc1)NC(=O)CO/N=C1\C=C2CCC3C(CC[C@@]4(C)C3CC[C@]4(O)C(C)=O)[C@@]2(C)CC1. The maximum atomic E-state index is 12.6. The number of methoxy groups -OCH3 is 1. The van der Waals surface area contributed by atoms with Gasteiger partial charge in [0.1, 0.15) is 17.4 Å². The molecule has 0 radical (unpaired) electrons. The van der Waals surface area contributed by atoms with Crippen molar-refractivity contribution in [1.82, 2.24) is 5.32 Å². The highest BCUT2D eigenvalue weighted by Crippen LogP contribution is 2.67. The van der Waals surface area contributed by atoms with E-state index >= 15 is 0 Å². The molecule has 1 aromatic carbocycles. The van der Waals surface area contributed by atoms with Gasteiger partial charge in [-0.15, -0.1) is 0 Å². The number of phenols is 1. The molecule has 0 spiro atoms. The number of nitrogens with one attached hydrogen (secondary N) is 1. The molecule has 3 N–H and O–H groups in total. The number of aromatic hydroxyl groups is 1. The van der Waals surface area contributed by atoms with Gasteiger partial charge >= 0.3 is 5.97 Å². The number of hydrogen-bond donors (Lipinski definition) is 3. The number of rotatable bonds is 8. The Bertz CT molecular complexity index is 1290. The molecule has 3 saturated carbocycles. The van der Waals surface area contributed by atoms with Crippen molar-refractivity contribution in [3.05, 3.63) is 41.5 Å². The van der Waals surface area contributed by atoms with Crippen LogP contribution in [0.2, 0.25) is 0 Å². The number of hydrogen-bond acceptors (Lipinski definition) is 8. The highest BCUT2D eigenvalue weighted by atomic mass is 16.6. The molecule has 3 fully saturated rings. The Morgan fingerprint density at radius 3 is 2.45 bits per heavy atom. The molecular formula is C33H44N2O7. The summed E-state index contributed by atoms with van der Waals surface area (Å²) in [5, 5.41) is 27.8. The van der Waals surface area contributed by atoms with Gasteiger partial charge in [-0.1, -0.05) is 36.7 Å². The van der Waals surface area contributed by atoms with E-state index in [-0.39, 0.29) is 35.4 Å². The molecule has 0 heterocycles. The first kappa shape index (κ1) is 30.3. The van der Waals surface area contributed by atoms with Gasteiger partial charge in [0, 0.05) is 11.8 Å². The average Bonchev–Trinajstić information content (AvgIpc) is 3.25. The minimum Gasteiger partial charge on any atom is -0.508 e. The third-order valence-electron chi connectivity index (χ3n) is 11.3. The molecule has 4 aliphatic carbocycles. The van der Waals surface area contributed by atoms with Crippen molar-refractivity contribution in [1.29, 1.82) is 0 Å². The Labute approximate surface area is 247 Å². The molecule has 4 aliphatic rings.